The highest BCUT2D eigenvalue weighted by Gasteiger charge is 2.21. The molecule has 1 aromatic carbocycles. The molecule has 1 amide bonds. The van der Waals surface area contributed by atoms with Gasteiger partial charge in [-0.05, 0) is 44.0 Å². The molecule has 0 fully saturated rings. The molecule has 1 aliphatic rings. The number of rotatable bonds is 3. The van der Waals surface area contributed by atoms with Crippen LogP contribution in [-0.4, -0.2) is 22.9 Å². The number of nitrogens with zero attached hydrogens (tertiary/aromatic N) is 1. The Bertz CT molecular complexity index is 454. The first-order chi connectivity index (χ1) is 8.47. The van der Waals surface area contributed by atoms with Gasteiger partial charge >= 0.3 is 0 Å². The SMILES string of the molecule is CC(N)C(=O)Nc1ccc2c(c1)CN(C(C)C)C2. The largest absolute Gasteiger partial charge is 0.325 e. The summed E-state index contributed by atoms with van der Waals surface area (Å²) in [6.07, 6.45) is 0. The third-order valence-electron chi connectivity index (χ3n) is 3.36. The van der Waals surface area contributed by atoms with Crippen LogP contribution >= 0.6 is 0 Å². The maximum absolute atomic E-state index is 11.5. The molecule has 4 heteroatoms. The van der Waals surface area contributed by atoms with Crippen molar-refractivity contribution in [1.82, 2.24) is 4.90 Å². The Morgan fingerprint density at radius 3 is 2.56 bits per heavy atom. The predicted molar refractivity (Wildman–Crippen MR) is 73.1 cm³/mol. The molecule has 3 N–H and O–H groups in total. The second-order valence-corrected chi connectivity index (χ2v) is 5.26. The van der Waals surface area contributed by atoms with Crippen molar-refractivity contribution in [3.05, 3.63) is 29.3 Å². The fourth-order valence-corrected chi connectivity index (χ4v) is 2.12. The minimum Gasteiger partial charge on any atom is -0.325 e. The van der Waals surface area contributed by atoms with Crippen molar-refractivity contribution in [3.63, 3.8) is 0 Å². The van der Waals surface area contributed by atoms with Gasteiger partial charge in [-0.25, -0.2) is 0 Å². The number of nitrogens with one attached hydrogen (secondary N) is 1. The molecule has 1 aliphatic heterocycles. The summed E-state index contributed by atoms with van der Waals surface area (Å²) in [6, 6.07) is 6.15. The zero-order chi connectivity index (χ0) is 13.3. The van der Waals surface area contributed by atoms with Crippen LogP contribution in [0.15, 0.2) is 18.2 Å². The summed E-state index contributed by atoms with van der Waals surface area (Å²) >= 11 is 0. The number of anilines is 1. The molecular weight excluding hydrogens is 226 g/mol. The molecule has 0 aromatic heterocycles. The predicted octanol–water partition coefficient (Wildman–Crippen LogP) is 1.70. The van der Waals surface area contributed by atoms with E-state index in [9.17, 15) is 4.79 Å². The van der Waals surface area contributed by atoms with E-state index < -0.39 is 6.04 Å². The van der Waals surface area contributed by atoms with Gasteiger partial charge in [0, 0.05) is 24.8 Å². The van der Waals surface area contributed by atoms with Gasteiger partial charge in [0.2, 0.25) is 5.91 Å². The van der Waals surface area contributed by atoms with E-state index in [0.717, 1.165) is 18.8 Å². The monoisotopic (exact) mass is 247 g/mol. The lowest BCUT2D eigenvalue weighted by atomic mass is 10.1. The second-order valence-electron chi connectivity index (χ2n) is 5.26. The van der Waals surface area contributed by atoms with Gasteiger partial charge in [-0.3, -0.25) is 9.69 Å². The quantitative estimate of drug-likeness (QED) is 0.854. The topological polar surface area (TPSA) is 58.4 Å². The van der Waals surface area contributed by atoms with E-state index in [1.165, 1.54) is 11.1 Å². The third-order valence-corrected chi connectivity index (χ3v) is 3.36. The molecule has 1 atom stereocenters. The van der Waals surface area contributed by atoms with Crippen LogP contribution in [0.4, 0.5) is 5.69 Å². The van der Waals surface area contributed by atoms with E-state index in [1.54, 1.807) is 6.92 Å². The molecule has 1 heterocycles. The van der Waals surface area contributed by atoms with Crippen LogP contribution in [0.25, 0.3) is 0 Å². The molecule has 0 aliphatic carbocycles. The van der Waals surface area contributed by atoms with Crippen LogP contribution in [0.1, 0.15) is 31.9 Å². The maximum Gasteiger partial charge on any atom is 0.240 e. The van der Waals surface area contributed by atoms with Crippen LogP contribution < -0.4 is 11.1 Å². The smallest absolute Gasteiger partial charge is 0.240 e. The van der Waals surface area contributed by atoms with Crippen molar-refractivity contribution in [2.24, 2.45) is 5.73 Å². The Balaban J connectivity index is 2.11. The summed E-state index contributed by atoms with van der Waals surface area (Å²) in [4.78, 5) is 13.9. The van der Waals surface area contributed by atoms with Gasteiger partial charge in [0.05, 0.1) is 6.04 Å². The fourth-order valence-electron chi connectivity index (χ4n) is 2.12. The van der Waals surface area contributed by atoms with Crippen molar-refractivity contribution >= 4 is 11.6 Å². The summed E-state index contributed by atoms with van der Waals surface area (Å²) in [5.74, 6) is -0.145. The minimum absolute atomic E-state index is 0.145. The summed E-state index contributed by atoms with van der Waals surface area (Å²) in [6.45, 7) is 8.03. The summed E-state index contributed by atoms with van der Waals surface area (Å²) < 4.78 is 0. The van der Waals surface area contributed by atoms with Crippen LogP contribution in [0.5, 0.6) is 0 Å². The average Bonchev–Trinajstić information content (AvgIpc) is 2.71. The first-order valence-electron chi connectivity index (χ1n) is 6.39. The number of benzene rings is 1. The summed E-state index contributed by atoms with van der Waals surface area (Å²) in [5.41, 5.74) is 9.02. The Labute approximate surface area is 108 Å². The highest BCUT2D eigenvalue weighted by molar-refractivity contribution is 5.94. The molecule has 0 saturated heterocycles. The minimum atomic E-state index is -0.481. The van der Waals surface area contributed by atoms with E-state index >= 15 is 0 Å². The van der Waals surface area contributed by atoms with Crippen LogP contribution in [0, 0.1) is 0 Å². The van der Waals surface area contributed by atoms with Gasteiger partial charge in [0.15, 0.2) is 0 Å². The lowest BCUT2D eigenvalue weighted by molar-refractivity contribution is -0.117. The van der Waals surface area contributed by atoms with Crippen molar-refractivity contribution in [2.45, 2.75) is 45.9 Å². The summed E-state index contributed by atoms with van der Waals surface area (Å²) in [7, 11) is 0. The number of carbonyl (C=O) groups is 1. The average molecular weight is 247 g/mol. The highest BCUT2D eigenvalue weighted by Crippen LogP contribution is 2.27. The number of nitrogens with two attached hydrogens (primary N) is 1. The zero-order valence-corrected chi connectivity index (χ0v) is 11.2. The van der Waals surface area contributed by atoms with Gasteiger partial charge in [0.25, 0.3) is 0 Å². The molecule has 1 aromatic rings. The molecular formula is C14H21N3O. The van der Waals surface area contributed by atoms with Crippen LogP contribution in [-0.2, 0) is 17.9 Å². The van der Waals surface area contributed by atoms with E-state index in [4.69, 9.17) is 5.73 Å². The van der Waals surface area contributed by atoms with Gasteiger partial charge < -0.3 is 11.1 Å². The molecule has 0 radical (unpaired) electrons. The number of hydrogen-bond donors (Lipinski definition) is 2. The number of amides is 1. The lowest BCUT2D eigenvalue weighted by Gasteiger charge is -2.18. The molecule has 0 spiro atoms. The molecule has 18 heavy (non-hydrogen) atoms. The Morgan fingerprint density at radius 2 is 1.94 bits per heavy atom. The van der Waals surface area contributed by atoms with Crippen LogP contribution in [0.2, 0.25) is 0 Å². The molecule has 1 unspecified atom stereocenters. The van der Waals surface area contributed by atoms with E-state index in [1.807, 2.05) is 6.07 Å². The van der Waals surface area contributed by atoms with Crippen molar-refractivity contribution in [1.29, 1.82) is 0 Å². The van der Waals surface area contributed by atoms with E-state index in [0.29, 0.717) is 6.04 Å². The third kappa shape index (κ3) is 2.71. The Kier molecular flexibility index (Phi) is 3.68. The molecule has 0 saturated carbocycles. The van der Waals surface area contributed by atoms with Crippen molar-refractivity contribution < 1.29 is 4.79 Å². The van der Waals surface area contributed by atoms with Crippen molar-refractivity contribution in [3.8, 4) is 0 Å². The second kappa shape index (κ2) is 5.08. The lowest BCUT2D eigenvalue weighted by Crippen LogP contribution is -2.32. The Morgan fingerprint density at radius 1 is 1.28 bits per heavy atom. The Hall–Kier alpha value is -1.39. The standard InChI is InChI=1S/C14H21N3O/c1-9(2)17-7-11-4-5-13(6-12(11)8-17)16-14(18)10(3)15/h4-6,9-10H,7-8,15H2,1-3H3,(H,16,18). The first kappa shape index (κ1) is 13.1. The van der Waals surface area contributed by atoms with Crippen molar-refractivity contribution in [2.75, 3.05) is 5.32 Å². The highest BCUT2D eigenvalue weighted by atomic mass is 16.2. The van der Waals surface area contributed by atoms with E-state index in [2.05, 4.69) is 36.2 Å². The van der Waals surface area contributed by atoms with Gasteiger partial charge in [-0.2, -0.15) is 0 Å². The zero-order valence-electron chi connectivity index (χ0n) is 11.2. The normalized spacial score (nSPS) is 16.7. The maximum atomic E-state index is 11.5. The number of hydrogen-bond acceptors (Lipinski definition) is 3. The number of fused-ring (bicyclic) bond motifs is 1. The van der Waals surface area contributed by atoms with Gasteiger partial charge in [0.1, 0.15) is 0 Å². The summed E-state index contributed by atoms with van der Waals surface area (Å²) in [5, 5.41) is 2.83. The fraction of sp³-hybridized carbons (Fsp3) is 0.500. The van der Waals surface area contributed by atoms with Gasteiger partial charge in [-0.15, -0.1) is 0 Å². The van der Waals surface area contributed by atoms with Crippen LogP contribution in [0.3, 0.4) is 0 Å². The van der Waals surface area contributed by atoms with E-state index in [-0.39, 0.29) is 5.91 Å². The molecule has 2 rings (SSSR count). The molecule has 4 nitrogen and oxygen atoms in total. The first-order valence-corrected chi connectivity index (χ1v) is 6.39. The van der Waals surface area contributed by atoms with Gasteiger partial charge in [-0.1, -0.05) is 6.07 Å². The molecule has 0 bridgehead atoms. The number of carbonyl (C=O) groups excluding carboxylic acids is 1. The molecule has 98 valence electrons.